The van der Waals surface area contributed by atoms with Gasteiger partial charge in [0.2, 0.25) is 0 Å². The van der Waals surface area contributed by atoms with Crippen molar-refractivity contribution in [1.29, 1.82) is 0 Å². The molecule has 0 fully saturated rings. The Kier molecular flexibility index (Phi) is 4.22. The minimum Gasteiger partial charge on any atom is -0.495 e. The number of pyridine rings is 1. The van der Waals surface area contributed by atoms with E-state index in [4.69, 9.17) is 4.74 Å². The zero-order chi connectivity index (χ0) is 9.68. The molecule has 1 heterocycles. The molecule has 0 aliphatic carbocycles. The lowest BCUT2D eigenvalue weighted by Gasteiger charge is -2.07. The lowest BCUT2D eigenvalue weighted by molar-refractivity contribution is 0.412. The molecular weight excluding hydrogens is 230 g/mol. The van der Waals surface area contributed by atoms with E-state index in [1.165, 1.54) is 5.56 Å². The first-order chi connectivity index (χ1) is 6.26. The van der Waals surface area contributed by atoms with E-state index in [-0.39, 0.29) is 0 Å². The van der Waals surface area contributed by atoms with Gasteiger partial charge in [-0.15, -0.1) is 0 Å². The molecule has 0 aliphatic rings. The summed E-state index contributed by atoms with van der Waals surface area (Å²) in [7, 11) is 1.66. The van der Waals surface area contributed by atoms with Gasteiger partial charge in [-0.05, 0) is 24.0 Å². The third kappa shape index (κ3) is 3.35. The van der Waals surface area contributed by atoms with Gasteiger partial charge in [0.05, 0.1) is 13.3 Å². The van der Waals surface area contributed by atoms with E-state index in [1.54, 1.807) is 13.3 Å². The average Bonchev–Trinajstić information content (AvgIpc) is 2.18. The Labute approximate surface area is 87.5 Å². The molecule has 3 heteroatoms. The van der Waals surface area contributed by atoms with Gasteiger partial charge in [-0.1, -0.05) is 22.9 Å². The number of hydrogen-bond acceptors (Lipinski definition) is 2. The van der Waals surface area contributed by atoms with E-state index >= 15 is 0 Å². The highest BCUT2D eigenvalue weighted by Crippen LogP contribution is 2.14. The van der Waals surface area contributed by atoms with Crippen LogP contribution in [0.4, 0.5) is 0 Å². The monoisotopic (exact) mass is 243 g/mol. The Morgan fingerprint density at radius 2 is 2.31 bits per heavy atom. The number of nitrogens with zero attached hydrogens (tertiary/aromatic N) is 1. The van der Waals surface area contributed by atoms with Crippen LogP contribution in [0.5, 0.6) is 5.75 Å². The van der Waals surface area contributed by atoms with E-state index < -0.39 is 0 Å². The number of alkyl halides is 1. The second kappa shape index (κ2) is 5.22. The predicted molar refractivity (Wildman–Crippen MR) is 57.5 cm³/mol. The summed E-state index contributed by atoms with van der Waals surface area (Å²) >= 11 is 3.46. The Balaban J connectivity index is 2.66. The summed E-state index contributed by atoms with van der Waals surface area (Å²) in [6.07, 6.45) is 4.65. The van der Waals surface area contributed by atoms with Crippen molar-refractivity contribution < 1.29 is 4.74 Å². The third-order valence-corrected chi connectivity index (χ3v) is 2.96. The van der Waals surface area contributed by atoms with Gasteiger partial charge in [-0.25, -0.2) is 0 Å². The Hall–Kier alpha value is -0.570. The molecule has 1 aromatic rings. The van der Waals surface area contributed by atoms with Gasteiger partial charge >= 0.3 is 0 Å². The fourth-order valence-corrected chi connectivity index (χ4v) is 1.37. The molecule has 0 aromatic carbocycles. The second-order valence-electron chi connectivity index (χ2n) is 3.20. The maximum atomic E-state index is 5.10. The molecule has 1 unspecified atom stereocenters. The lowest BCUT2D eigenvalue weighted by atomic mass is 10.1. The zero-order valence-corrected chi connectivity index (χ0v) is 9.54. The molecule has 13 heavy (non-hydrogen) atoms. The smallest absolute Gasteiger partial charge is 0.137 e. The summed E-state index contributed by atoms with van der Waals surface area (Å²) in [6, 6.07) is 2.03. The van der Waals surface area contributed by atoms with Crippen LogP contribution in [0, 0.1) is 5.92 Å². The number of hydrogen-bond donors (Lipinski definition) is 0. The molecule has 72 valence electrons. The molecule has 0 saturated heterocycles. The normalized spacial score (nSPS) is 12.5. The van der Waals surface area contributed by atoms with E-state index in [9.17, 15) is 0 Å². The highest BCUT2D eigenvalue weighted by molar-refractivity contribution is 9.09. The van der Waals surface area contributed by atoms with E-state index in [0.29, 0.717) is 5.92 Å². The molecule has 1 atom stereocenters. The quantitative estimate of drug-likeness (QED) is 0.759. The summed E-state index contributed by atoms with van der Waals surface area (Å²) in [5.41, 5.74) is 1.23. The van der Waals surface area contributed by atoms with Crippen LogP contribution in [0.25, 0.3) is 0 Å². The van der Waals surface area contributed by atoms with Crippen LogP contribution < -0.4 is 4.74 Å². The highest BCUT2D eigenvalue weighted by atomic mass is 79.9. The maximum Gasteiger partial charge on any atom is 0.137 e. The first kappa shape index (κ1) is 10.5. The van der Waals surface area contributed by atoms with Gasteiger partial charge in [-0.2, -0.15) is 0 Å². The van der Waals surface area contributed by atoms with E-state index in [2.05, 4.69) is 27.8 Å². The van der Waals surface area contributed by atoms with Crippen molar-refractivity contribution >= 4 is 15.9 Å². The molecule has 0 spiro atoms. The number of ether oxygens (including phenoxy) is 1. The van der Waals surface area contributed by atoms with Gasteiger partial charge in [0.25, 0.3) is 0 Å². The SMILES string of the molecule is COc1cncc(CC(C)CBr)c1. The second-order valence-corrected chi connectivity index (χ2v) is 3.84. The first-order valence-electron chi connectivity index (χ1n) is 4.30. The Morgan fingerprint density at radius 1 is 1.54 bits per heavy atom. The van der Waals surface area contributed by atoms with Crippen LogP contribution in [0.3, 0.4) is 0 Å². The number of methoxy groups -OCH3 is 1. The Morgan fingerprint density at radius 3 is 2.92 bits per heavy atom. The zero-order valence-electron chi connectivity index (χ0n) is 7.96. The summed E-state index contributed by atoms with van der Waals surface area (Å²) in [4.78, 5) is 4.10. The van der Waals surface area contributed by atoms with Crippen molar-refractivity contribution in [2.24, 2.45) is 5.92 Å². The van der Waals surface area contributed by atoms with Crippen molar-refractivity contribution in [2.45, 2.75) is 13.3 Å². The summed E-state index contributed by atoms with van der Waals surface area (Å²) < 4.78 is 5.10. The molecule has 0 amide bonds. The molecule has 0 radical (unpaired) electrons. The van der Waals surface area contributed by atoms with Crippen LogP contribution in [-0.2, 0) is 6.42 Å². The fraction of sp³-hybridized carbons (Fsp3) is 0.500. The van der Waals surface area contributed by atoms with Gasteiger partial charge in [-0.3, -0.25) is 4.98 Å². The standard InChI is InChI=1S/C10H14BrNO/c1-8(5-11)3-9-4-10(13-2)7-12-6-9/h4,6-8H,3,5H2,1-2H3. The molecule has 0 saturated carbocycles. The van der Waals surface area contributed by atoms with E-state index in [0.717, 1.165) is 17.5 Å². The number of halogens is 1. The van der Waals surface area contributed by atoms with Crippen molar-refractivity contribution in [1.82, 2.24) is 4.98 Å². The minimum absolute atomic E-state index is 0.633. The molecule has 1 rings (SSSR count). The predicted octanol–water partition coefficient (Wildman–Crippen LogP) is 2.66. The fourth-order valence-electron chi connectivity index (χ4n) is 1.14. The van der Waals surface area contributed by atoms with Crippen molar-refractivity contribution in [3.8, 4) is 5.75 Å². The van der Waals surface area contributed by atoms with Crippen LogP contribution in [0.2, 0.25) is 0 Å². The van der Waals surface area contributed by atoms with Gasteiger partial charge < -0.3 is 4.74 Å². The summed E-state index contributed by atoms with van der Waals surface area (Å²) in [6.45, 7) is 2.20. The Bertz CT molecular complexity index is 265. The minimum atomic E-state index is 0.633. The van der Waals surface area contributed by atoms with Crippen LogP contribution >= 0.6 is 15.9 Å². The number of rotatable bonds is 4. The summed E-state index contributed by atoms with van der Waals surface area (Å²) in [5.74, 6) is 1.47. The largest absolute Gasteiger partial charge is 0.495 e. The molecule has 0 aliphatic heterocycles. The van der Waals surface area contributed by atoms with Gasteiger partial charge in [0, 0.05) is 11.5 Å². The molecule has 1 aromatic heterocycles. The molecule has 0 bridgehead atoms. The molecule has 2 nitrogen and oxygen atoms in total. The van der Waals surface area contributed by atoms with Crippen molar-refractivity contribution in [3.63, 3.8) is 0 Å². The maximum absolute atomic E-state index is 5.10. The topological polar surface area (TPSA) is 22.1 Å². The third-order valence-electron chi connectivity index (χ3n) is 1.85. The average molecular weight is 244 g/mol. The molecular formula is C10H14BrNO. The highest BCUT2D eigenvalue weighted by Gasteiger charge is 2.02. The van der Waals surface area contributed by atoms with Gasteiger partial charge in [0.15, 0.2) is 0 Å². The van der Waals surface area contributed by atoms with Crippen LogP contribution in [-0.4, -0.2) is 17.4 Å². The van der Waals surface area contributed by atoms with Crippen molar-refractivity contribution in [3.05, 3.63) is 24.0 Å². The van der Waals surface area contributed by atoms with Crippen LogP contribution in [0.15, 0.2) is 18.5 Å². The van der Waals surface area contributed by atoms with Crippen molar-refractivity contribution in [2.75, 3.05) is 12.4 Å². The van der Waals surface area contributed by atoms with Crippen LogP contribution in [0.1, 0.15) is 12.5 Å². The lowest BCUT2D eigenvalue weighted by Crippen LogP contribution is -2.01. The van der Waals surface area contributed by atoms with E-state index in [1.807, 2.05) is 12.3 Å². The van der Waals surface area contributed by atoms with Gasteiger partial charge in [0.1, 0.15) is 5.75 Å². The summed E-state index contributed by atoms with van der Waals surface area (Å²) in [5, 5.41) is 1.02. The first-order valence-corrected chi connectivity index (χ1v) is 5.42. The molecule has 0 N–H and O–H groups in total. The number of aromatic nitrogens is 1.